The van der Waals surface area contributed by atoms with Gasteiger partial charge in [-0.2, -0.15) is 8.78 Å². The number of alkyl halides is 2. The summed E-state index contributed by atoms with van der Waals surface area (Å²) in [6.45, 7) is -2.37. The van der Waals surface area contributed by atoms with Gasteiger partial charge in [0.1, 0.15) is 5.75 Å². The van der Waals surface area contributed by atoms with Crippen molar-refractivity contribution in [3.63, 3.8) is 0 Å². The molecule has 0 heterocycles. The predicted molar refractivity (Wildman–Crippen MR) is 53.0 cm³/mol. The first-order valence-electron chi connectivity index (χ1n) is 5.06. The minimum absolute atomic E-state index is 0.0152. The van der Waals surface area contributed by atoms with Gasteiger partial charge >= 0.3 is 6.61 Å². The molecule has 0 amide bonds. The molecule has 0 spiro atoms. The van der Waals surface area contributed by atoms with Crippen LogP contribution in [-0.4, -0.2) is 18.3 Å². The molecule has 2 rings (SSSR count). The van der Waals surface area contributed by atoms with Crippen molar-refractivity contribution in [2.45, 2.75) is 19.5 Å². The maximum absolute atomic E-state index is 12.0. The monoisotopic (exact) mass is 230 g/mol. The normalized spacial score (nSPS) is 15.2. The third-order valence-electron chi connectivity index (χ3n) is 2.33. The fourth-order valence-electron chi connectivity index (χ4n) is 1.28. The third kappa shape index (κ3) is 2.98. The van der Waals surface area contributed by atoms with Crippen molar-refractivity contribution in [3.8, 4) is 17.2 Å². The Labute approximate surface area is 91.6 Å². The van der Waals surface area contributed by atoms with Gasteiger partial charge in [0.05, 0.1) is 6.61 Å². The number of hydrogen-bond acceptors (Lipinski definition) is 3. The summed E-state index contributed by atoms with van der Waals surface area (Å²) in [6, 6.07) is 3.81. The van der Waals surface area contributed by atoms with Crippen LogP contribution in [0.25, 0.3) is 0 Å². The Morgan fingerprint density at radius 2 is 2.12 bits per heavy atom. The number of hydrogen-bond donors (Lipinski definition) is 1. The first kappa shape index (κ1) is 11.0. The highest BCUT2D eigenvalue weighted by molar-refractivity contribution is 5.44. The van der Waals surface area contributed by atoms with E-state index in [0.29, 0.717) is 12.5 Å². The minimum Gasteiger partial charge on any atom is -0.504 e. The molecule has 0 aromatic heterocycles. The molecule has 1 saturated carbocycles. The maximum atomic E-state index is 12.0. The Hall–Kier alpha value is -1.52. The van der Waals surface area contributed by atoms with Crippen molar-refractivity contribution >= 4 is 0 Å². The number of halogens is 2. The Bertz CT molecular complexity index is 364. The molecule has 1 fully saturated rings. The van der Waals surface area contributed by atoms with Crippen LogP contribution in [-0.2, 0) is 0 Å². The van der Waals surface area contributed by atoms with Crippen LogP contribution in [0.4, 0.5) is 8.78 Å². The standard InChI is InChI=1S/C11H12F2O3/c12-11(13)16-8-3-4-9(14)10(5-8)15-6-7-1-2-7/h3-5,7,11,14H,1-2,6H2. The van der Waals surface area contributed by atoms with Gasteiger partial charge in [0.2, 0.25) is 0 Å². The van der Waals surface area contributed by atoms with Crippen molar-refractivity contribution in [1.29, 1.82) is 0 Å². The van der Waals surface area contributed by atoms with Gasteiger partial charge in [-0.1, -0.05) is 0 Å². The predicted octanol–water partition coefficient (Wildman–Crippen LogP) is 2.78. The minimum atomic E-state index is -2.87. The van der Waals surface area contributed by atoms with Gasteiger partial charge in [-0.3, -0.25) is 0 Å². The van der Waals surface area contributed by atoms with Crippen LogP contribution >= 0.6 is 0 Å². The number of phenolic OH excluding ortho intramolecular Hbond substituents is 1. The average molecular weight is 230 g/mol. The molecule has 0 unspecified atom stereocenters. The zero-order chi connectivity index (χ0) is 11.5. The largest absolute Gasteiger partial charge is 0.504 e. The molecule has 16 heavy (non-hydrogen) atoms. The molecule has 0 radical (unpaired) electrons. The summed E-state index contributed by atoms with van der Waals surface area (Å²) < 4.78 is 33.4. The molecule has 0 atom stereocenters. The fourth-order valence-corrected chi connectivity index (χ4v) is 1.28. The number of benzene rings is 1. The second kappa shape index (κ2) is 4.55. The van der Waals surface area contributed by atoms with E-state index in [1.54, 1.807) is 0 Å². The van der Waals surface area contributed by atoms with Crippen LogP contribution in [0.3, 0.4) is 0 Å². The van der Waals surface area contributed by atoms with E-state index in [9.17, 15) is 13.9 Å². The van der Waals surface area contributed by atoms with E-state index in [-0.39, 0.29) is 17.2 Å². The van der Waals surface area contributed by atoms with Gasteiger partial charge in [0, 0.05) is 6.07 Å². The molecule has 1 aromatic carbocycles. The van der Waals surface area contributed by atoms with Crippen molar-refractivity contribution in [2.24, 2.45) is 5.92 Å². The summed E-state index contributed by atoms with van der Waals surface area (Å²) in [5, 5.41) is 9.43. The van der Waals surface area contributed by atoms with Crippen LogP contribution in [0.15, 0.2) is 18.2 Å². The van der Waals surface area contributed by atoms with Crippen molar-refractivity contribution in [3.05, 3.63) is 18.2 Å². The fraction of sp³-hybridized carbons (Fsp3) is 0.455. The van der Waals surface area contributed by atoms with Gasteiger partial charge in [-0.05, 0) is 30.9 Å². The molecular formula is C11H12F2O3. The van der Waals surface area contributed by atoms with Gasteiger partial charge in [-0.25, -0.2) is 0 Å². The van der Waals surface area contributed by atoms with Crippen LogP contribution in [0.2, 0.25) is 0 Å². The highest BCUT2D eigenvalue weighted by Gasteiger charge is 2.22. The van der Waals surface area contributed by atoms with Crippen molar-refractivity contribution in [2.75, 3.05) is 6.61 Å². The number of phenols is 1. The first-order valence-corrected chi connectivity index (χ1v) is 5.06. The smallest absolute Gasteiger partial charge is 0.387 e. The van der Waals surface area contributed by atoms with Gasteiger partial charge in [0.25, 0.3) is 0 Å². The van der Waals surface area contributed by atoms with Gasteiger partial charge in [0.15, 0.2) is 11.5 Å². The second-order valence-electron chi connectivity index (χ2n) is 3.76. The maximum Gasteiger partial charge on any atom is 0.387 e. The van der Waals surface area contributed by atoms with Gasteiger partial charge < -0.3 is 14.6 Å². The molecule has 1 aliphatic rings. The number of ether oxygens (including phenoxy) is 2. The van der Waals surface area contributed by atoms with Crippen LogP contribution in [0.5, 0.6) is 17.2 Å². The summed E-state index contributed by atoms with van der Waals surface area (Å²) in [5.74, 6) is 0.630. The van der Waals surface area contributed by atoms with Crippen LogP contribution in [0, 0.1) is 5.92 Å². The SMILES string of the molecule is Oc1ccc(OC(F)F)cc1OCC1CC1. The van der Waals surface area contributed by atoms with E-state index in [1.165, 1.54) is 18.2 Å². The molecule has 1 aliphatic carbocycles. The lowest BCUT2D eigenvalue weighted by Gasteiger charge is -2.10. The number of rotatable bonds is 5. The van der Waals surface area contributed by atoms with E-state index in [4.69, 9.17) is 4.74 Å². The average Bonchev–Trinajstić information content (AvgIpc) is 3.02. The molecule has 0 aliphatic heterocycles. The first-order chi connectivity index (χ1) is 7.65. The molecule has 1 N–H and O–H groups in total. The lowest BCUT2D eigenvalue weighted by Crippen LogP contribution is -2.03. The van der Waals surface area contributed by atoms with E-state index >= 15 is 0 Å². The molecule has 0 bridgehead atoms. The quantitative estimate of drug-likeness (QED) is 0.845. The van der Waals surface area contributed by atoms with E-state index < -0.39 is 6.61 Å². The van der Waals surface area contributed by atoms with Gasteiger partial charge in [-0.15, -0.1) is 0 Å². The second-order valence-corrected chi connectivity index (χ2v) is 3.76. The summed E-state index contributed by atoms with van der Waals surface area (Å²) in [7, 11) is 0. The molecule has 3 nitrogen and oxygen atoms in total. The summed E-state index contributed by atoms with van der Waals surface area (Å²) >= 11 is 0. The lowest BCUT2D eigenvalue weighted by molar-refractivity contribution is -0.0499. The third-order valence-corrected chi connectivity index (χ3v) is 2.33. The Morgan fingerprint density at radius 1 is 1.38 bits per heavy atom. The molecule has 5 heteroatoms. The summed E-state index contributed by atoms with van der Waals surface area (Å²) in [4.78, 5) is 0. The Balaban J connectivity index is 2.02. The van der Waals surface area contributed by atoms with Crippen molar-refractivity contribution < 1.29 is 23.4 Å². The summed E-state index contributed by atoms with van der Waals surface area (Å²) in [5.41, 5.74) is 0. The lowest BCUT2D eigenvalue weighted by atomic mass is 10.3. The zero-order valence-corrected chi connectivity index (χ0v) is 8.53. The molecular weight excluding hydrogens is 218 g/mol. The van der Waals surface area contributed by atoms with E-state index in [0.717, 1.165) is 12.8 Å². The molecule has 1 aromatic rings. The van der Waals surface area contributed by atoms with Crippen LogP contribution in [0.1, 0.15) is 12.8 Å². The van der Waals surface area contributed by atoms with Crippen molar-refractivity contribution in [1.82, 2.24) is 0 Å². The topological polar surface area (TPSA) is 38.7 Å². The Morgan fingerprint density at radius 3 is 2.75 bits per heavy atom. The summed E-state index contributed by atoms with van der Waals surface area (Å²) in [6.07, 6.45) is 2.24. The van der Waals surface area contributed by atoms with E-state index in [1.807, 2.05) is 0 Å². The van der Waals surface area contributed by atoms with Crippen LogP contribution < -0.4 is 9.47 Å². The highest BCUT2D eigenvalue weighted by atomic mass is 19.3. The van der Waals surface area contributed by atoms with E-state index in [2.05, 4.69) is 4.74 Å². The molecule has 0 saturated heterocycles. The number of aromatic hydroxyl groups is 1. The highest BCUT2D eigenvalue weighted by Crippen LogP contribution is 2.34. The Kier molecular flexibility index (Phi) is 3.12. The zero-order valence-electron chi connectivity index (χ0n) is 8.53. The molecule has 88 valence electrons.